The molecule has 0 radical (unpaired) electrons. The van der Waals surface area contributed by atoms with Crippen LogP contribution in [0.15, 0.2) is 24.3 Å². The maximum atomic E-state index is 12.5. The van der Waals surface area contributed by atoms with E-state index in [9.17, 15) is 9.59 Å². The Labute approximate surface area is 162 Å². The van der Waals surface area contributed by atoms with Crippen molar-refractivity contribution >= 4 is 12.0 Å². The first-order valence-electron chi connectivity index (χ1n) is 10.0. The van der Waals surface area contributed by atoms with Gasteiger partial charge in [-0.25, -0.2) is 4.79 Å². The Morgan fingerprint density at radius 1 is 1.26 bits per heavy atom. The van der Waals surface area contributed by atoms with Crippen molar-refractivity contribution < 1.29 is 14.3 Å². The molecule has 1 heterocycles. The molecule has 2 N–H and O–H groups in total. The fourth-order valence-electron chi connectivity index (χ4n) is 4.30. The van der Waals surface area contributed by atoms with Crippen LogP contribution in [0.1, 0.15) is 76.3 Å². The minimum absolute atomic E-state index is 0.315. The van der Waals surface area contributed by atoms with Crippen molar-refractivity contribution in [2.75, 3.05) is 13.1 Å². The number of nitrogens with zero attached hydrogens (tertiary/aromatic N) is 1. The molecule has 5 nitrogen and oxygen atoms in total. The third-order valence-electron chi connectivity index (χ3n) is 5.96. The van der Waals surface area contributed by atoms with Gasteiger partial charge in [-0.15, -0.1) is 0 Å². The van der Waals surface area contributed by atoms with Gasteiger partial charge in [0.15, 0.2) is 0 Å². The van der Waals surface area contributed by atoms with Crippen LogP contribution in [0.25, 0.3) is 0 Å². The summed E-state index contributed by atoms with van der Waals surface area (Å²) in [6.07, 6.45) is 3.72. The number of benzene rings is 1. The highest BCUT2D eigenvalue weighted by atomic mass is 16.6. The number of nitrogens with two attached hydrogens (primary N) is 1. The average molecular weight is 373 g/mol. The first-order valence-corrected chi connectivity index (χ1v) is 10.0. The average Bonchev–Trinajstić information content (AvgIpc) is 3.34. The molecule has 148 valence electrons. The molecule has 2 fully saturated rings. The minimum Gasteiger partial charge on any atom is -0.444 e. The molecule has 1 aromatic rings. The quantitative estimate of drug-likeness (QED) is 0.843. The zero-order valence-corrected chi connectivity index (χ0v) is 17.0. The molecule has 1 aliphatic carbocycles. The van der Waals surface area contributed by atoms with Crippen molar-refractivity contribution in [3.63, 3.8) is 0 Å². The molecule has 2 atom stereocenters. The maximum absolute atomic E-state index is 12.5. The Balaban J connectivity index is 1.82. The van der Waals surface area contributed by atoms with Gasteiger partial charge >= 0.3 is 6.09 Å². The number of likely N-dealkylation sites (tertiary alicyclic amines) is 1. The number of ether oxygens (including phenoxy) is 1. The van der Waals surface area contributed by atoms with Gasteiger partial charge in [-0.2, -0.15) is 0 Å². The molecule has 3 rings (SSSR count). The van der Waals surface area contributed by atoms with E-state index in [1.807, 2.05) is 20.8 Å². The second-order valence-corrected chi connectivity index (χ2v) is 9.14. The van der Waals surface area contributed by atoms with Crippen molar-refractivity contribution in [3.05, 3.63) is 35.4 Å². The molecule has 2 aliphatic rings. The summed E-state index contributed by atoms with van der Waals surface area (Å²) in [5, 5.41) is 0. The molecule has 0 bridgehead atoms. The Hall–Kier alpha value is -2.04. The molecule has 1 saturated heterocycles. The van der Waals surface area contributed by atoms with Crippen LogP contribution in [-0.4, -0.2) is 35.6 Å². The van der Waals surface area contributed by atoms with E-state index in [2.05, 4.69) is 31.2 Å². The van der Waals surface area contributed by atoms with Crippen molar-refractivity contribution in [3.8, 4) is 0 Å². The summed E-state index contributed by atoms with van der Waals surface area (Å²) in [4.78, 5) is 26.7. The Bertz CT molecular complexity index is 703. The lowest BCUT2D eigenvalue weighted by molar-refractivity contribution is -0.122. The molecule has 1 saturated carbocycles. The number of rotatable bonds is 5. The highest BCUT2D eigenvalue weighted by Gasteiger charge is 2.48. The number of hydrogen-bond acceptors (Lipinski definition) is 3. The smallest absolute Gasteiger partial charge is 0.410 e. The van der Waals surface area contributed by atoms with E-state index in [0.29, 0.717) is 19.0 Å². The molecule has 1 aromatic carbocycles. The van der Waals surface area contributed by atoms with Crippen LogP contribution in [0.5, 0.6) is 0 Å². The van der Waals surface area contributed by atoms with Gasteiger partial charge in [0, 0.05) is 18.5 Å². The number of primary amides is 1. The SMILES string of the molecule is CCC1(C(C(N)=O)c2ccc(C3CC3)cc2)CCN(C(=O)OC(C)(C)C)C1. The normalized spacial score (nSPS) is 23.9. The van der Waals surface area contributed by atoms with Gasteiger partial charge in [-0.1, -0.05) is 31.2 Å². The lowest BCUT2D eigenvalue weighted by Gasteiger charge is -2.35. The summed E-state index contributed by atoms with van der Waals surface area (Å²) in [6.45, 7) is 8.75. The third kappa shape index (κ3) is 4.28. The van der Waals surface area contributed by atoms with Crippen LogP contribution in [-0.2, 0) is 9.53 Å². The zero-order valence-electron chi connectivity index (χ0n) is 17.0. The zero-order chi connectivity index (χ0) is 19.8. The van der Waals surface area contributed by atoms with Gasteiger partial charge in [0.1, 0.15) is 5.60 Å². The molecule has 2 amide bonds. The highest BCUT2D eigenvalue weighted by Crippen LogP contribution is 2.47. The molecule has 27 heavy (non-hydrogen) atoms. The summed E-state index contributed by atoms with van der Waals surface area (Å²) >= 11 is 0. The van der Waals surface area contributed by atoms with Crippen molar-refractivity contribution in [2.45, 2.75) is 70.8 Å². The summed E-state index contributed by atoms with van der Waals surface area (Å²) in [5.74, 6) is -0.0365. The maximum Gasteiger partial charge on any atom is 0.410 e. The molecular weight excluding hydrogens is 340 g/mol. The van der Waals surface area contributed by atoms with E-state index in [-0.39, 0.29) is 17.4 Å². The van der Waals surface area contributed by atoms with Gasteiger partial charge in [-0.05, 0) is 63.5 Å². The van der Waals surface area contributed by atoms with Gasteiger partial charge in [-0.3, -0.25) is 4.79 Å². The first-order chi connectivity index (χ1) is 12.6. The summed E-state index contributed by atoms with van der Waals surface area (Å²) in [5.41, 5.74) is 7.29. The summed E-state index contributed by atoms with van der Waals surface area (Å²) in [6, 6.07) is 8.37. The van der Waals surface area contributed by atoms with Gasteiger partial charge < -0.3 is 15.4 Å². The highest BCUT2D eigenvalue weighted by molar-refractivity contribution is 5.83. The van der Waals surface area contributed by atoms with E-state index in [1.165, 1.54) is 18.4 Å². The third-order valence-corrected chi connectivity index (χ3v) is 5.96. The fraction of sp³-hybridized carbons (Fsp3) is 0.636. The van der Waals surface area contributed by atoms with E-state index >= 15 is 0 Å². The molecule has 5 heteroatoms. The summed E-state index contributed by atoms with van der Waals surface area (Å²) in [7, 11) is 0. The lowest BCUT2D eigenvalue weighted by Crippen LogP contribution is -2.42. The first kappa shape index (κ1) is 19.7. The van der Waals surface area contributed by atoms with Crippen LogP contribution in [0, 0.1) is 5.41 Å². The van der Waals surface area contributed by atoms with Gasteiger partial charge in [0.2, 0.25) is 5.91 Å². The summed E-state index contributed by atoms with van der Waals surface area (Å²) < 4.78 is 5.53. The minimum atomic E-state index is -0.531. The molecular formula is C22H32N2O3. The second-order valence-electron chi connectivity index (χ2n) is 9.14. The number of carbonyl (C=O) groups is 2. The van der Waals surface area contributed by atoms with E-state index in [4.69, 9.17) is 10.5 Å². The van der Waals surface area contributed by atoms with E-state index in [0.717, 1.165) is 18.4 Å². The van der Waals surface area contributed by atoms with Crippen molar-refractivity contribution in [2.24, 2.45) is 11.1 Å². The monoisotopic (exact) mass is 372 g/mol. The lowest BCUT2D eigenvalue weighted by atomic mass is 9.69. The number of carbonyl (C=O) groups excluding carboxylic acids is 2. The Morgan fingerprint density at radius 2 is 1.89 bits per heavy atom. The van der Waals surface area contributed by atoms with Gasteiger partial charge in [0.05, 0.1) is 5.92 Å². The standard InChI is InChI=1S/C22H32N2O3/c1-5-22(12-13-24(14-22)20(26)27-21(2,3)4)18(19(23)25)17-10-8-16(9-11-17)15-6-7-15/h8-11,15,18H,5-7,12-14H2,1-4H3,(H2,23,25). The van der Waals surface area contributed by atoms with E-state index in [1.54, 1.807) is 4.90 Å². The topological polar surface area (TPSA) is 72.6 Å². The van der Waals surface area contributed by atoms with Crippen LogP contribution < -0.4 is 5.73 Å². The Kier molecular flexibility index (Phi) is 5.24. The molecule has 1 aliphatic heterocycles. The van der Waals surface area contributed by atoms with Crippen LogP contribution in [0.3, 0.4) is 0 Å². The molecule has 2 unspecified atom stereocenters. The largest absolute Gasteiger partial charge is 0.444 e. The number of hydrogen-bond donors (Lipinski definition) is 1. The molecule has 0 spiro atoms. The predicted molar refractivity (Wildman–Crippen MR) is 106 cm³/mol. The van der Waals surface area contributed by atoms with Crippen molar-refractivity contribution in [1.82, 2.24) is 4.90 Å². The van der Waals surface area contributed by atoms with Crippen LogP contribution in [0.2, 0.25) is 0 Å². The van der Waals surface area contributed by atoms with E-state index < -0.39 is 11.5 Å². The van der Waals surface area contributed by atoms with Crippen LogP contribution in [0.4, 0.5) is 4.79 Å². The van der Waals surface area contributed by atoms with Crippen LogP contribution >= 0.6 is 0 Å². The van der Waals surface area contributed by atoms with Gasteiger partial charge in [0.25, 0.3) is 0 Å². The molecule has 0 aromatic heterocycles. The van der Waals surface area contributed by atoms with Crippen molar-refractivity contribution in [1.29, 1.82) is 0 Å². The predicted octanol–water partition coefficient (Wildman–Crippen LogP) is 4.17. The number of amides is 2. The fourth-order valence-corrected chi connectivity index (χ4v) is 4.30. The Morgan fingerprint density at radius 3 is 2.37 bits per heavy atom. The second kappa shape index (κ2) is 7.17.